The molecule has 0 aromatic heterocycles. The fraction of sp³-hybridized carbons (Fsp3) is 0.867. The summed E-state index contributed by atoms with van der Waals surface area (Å²) in [6.45, 7) is 2.84. The van der Waals surface area contributed by atoms with Crippen LogP contribution in [0.1, 0.15) is 39.0 Å². The molecule has 2 saturated heterocycles. The van der Waals surface area contributed by atoms with E-state index in [0.29, 0.717) is 13.0 Å². The van der Waals surface area contributed by atoms with Crippen molar-refractivity contribution in [2.75, 3.05) is 6.61 Å². The number of halogens is 1. The number of urea groups is 1. The number of fused-ring (bicyclic) bond motifs is 2. The molecular weight excluding hydrogens is 308 g/mol. The molecule has 22 heavy (non-hydrogen) atoms. The van der Waals surface area contributed by atoms with Crippen molar-refractivity contribution in [3.63, 3.8) is 0 Å². The third-order valence-corrected chi connectivity index (χ3v) is 5.39. The molecule has 2 heterocycles. The van der Waals surface area contributed by atoms with Gasteiger partial charge >= 0.3 is 6.03 Å². The van der Waals surface area contributed by atoms with Crippen LogP contribution in [0.25, 0.3) is 0 Å². The third kappa shape index (κ3) is 3.09. The number of hydrogen-bond acceptors (Lipinski definition) is 4. The minimum Gasteiger partial charge on any atom is -0.377 e. The highest BCUT2D eigenvalue weighted by Gasteiger charge is 2.50. The van der Waals surface area contributed by atoms with Crippen molar-refractivity contribution < 1.29 is 19.1 Å². The Hall–Kier alpha value is -0.850. The SMILES string of the molecule is CCCCOC1CCC2CC3C(=O)NC(=O)NC3OC2C1Cl. The van der Waals surface area contributed by atoms with E-state index in [4.69, 9.17) is 21.1 Å². The van der Waals surface area contributed by atoms with Gasteiger partial charge in [-0.05, 0) is 31.6 Å². The van der Waals surface area contributed by atoms with E-state index in [0.717, 1.165) is 25.7 Å². The summed E-state index contributed by atoms with van der Waals surface area (Å²) in [5, 5.41) is 4.74. The summed E-state index contributed by atoms with van der Waals surface area (Å²) in [6.07, 6.45) is 3.89. The first-order valence-electron chi connectivity index (χ1n) is 8.12. The molecule has 2 N–H and O–H groups in total. The van der Waals surface area contributed by atoms with E-state index in [1.54, 1.807) is 0 Å². The highest BCUT2D eigenvalue weighted by molar-refractivity contribution is 6.21. The summed E-state index contributed by atoms with van der Waals surface area (Å²) in [6, 6.07) is -0.498. The lowest BCUT2D eigenvalue weighted by molar-refractivity contribution is -0.170. The molecule has 124 valence electrons. The number of hydrogen-bond donors (Lipinski definition) is 2. The van der Waals surface area contributed by atoms with Gasteiger partial charge in [-0.1, -0.05) is 13.3 Å². The van der Waals surface area contributed by atoms with Crippen LogP contribution < -0.4 is 10.6 Å². The maximum Gasteiger partial charge on any atom is 0.323 e. The molecule has 1 saturated carbocycles. The molecule has 6 unspecified atom stereocenters. The second-order valence-corrected chi connectivity index (χ2v) is 6.87. The lowest BCUT2D eigenvalue weighted by atomic mass is 9.76. The molecule has 3 rings (SSSR count). The molecule has 3 fully saturated rings. The van der Waals surface area contributed by atoms with Crippen molar-refractivity contribution in [3.05, 3.63) is 0 Å². The van der Waals surface area contributed by atoms with Crippen molar-refractivity contribution in [2.45, 2.75) is 62.8 Å². The molecule has 3 amide bonds. The fourth-order valence-corrected chi connectivity index (χ4v) is 4.09. The van der Waals surface area contributed by atoms with Crippen molar-refractivity contribution in [3.8, 4) is 0 Å². The van der Waals surface area contributed by atoms with Gasteiger partial charge in [0.05, 0.1) is 23.5 Å². The van der Waals surface area contributed by atoms with E-state index in [9.17, 15) is 9.59 Å². The highest BCUT2D eigenvalue weighted by atomic mass is 35.5. The van der Waals surface area contributed by atoms with Crippen LogP contribution >= 0.6 is 11.6 Å². The predicted octanol–water partition coefficient (Wildman–Crippen LogP) is 1.76. The minimum absolute atomic E-state index is 0.0147. The topological polar surface area (TPSA) is 76.7 Å². The van der Waals surface area contributed by atoms with Crippen molar-refractivity contribution in [1.29, 1.82) is 0 Å². The van der Waals surface area contributed by atoms with E-state index in [1.807, 2.05) is 0 Å². The number of amides is 3. The van der Waals surface area contributed by atoms with Gasteiger partial charge in [-0.15, -0.1) is 11.6 Å². The molecule has 6 atom stereocenters. The Kier molecular flexibility index (Phi) is 4.90. The smallest absolute Gasteiger partial charge is 0.323 e. The number of carbonyl (C=O) groups is 2. The van der Waals surface area contributed by atoms with Gasteiger partial charge in [0.2, 0.25) is 5.91 Å². The van der Waals surface area contributed by atoms with Gasteiger partial charge in [0.25, 0.3) is 0 Å². The van der Waals surface area contributed by atoms with Crippen molar-refractivity contribution >= 4 is 23.5 Å². The predicted molar refractivity (Wildman–Crippen MR) is 80.5 cm³/mol. The average molecular weight is 331 g/mol. The normalized spacial score (nSPS) is 41.2. The Bertz CT molecular complexity index is 447. The monoisotopic (exact) mass is 330 g/mol. The first kappa shape index (κ1) is 16.0. The van der Waals surface area contributed by atoms with Gasteiger partial charge < -0.3 is 14.8 Å². The first-order valence-corrected chi connectivity index (χ1v) is 8.56. The van der Waals surface area contributed by atoms with Crippen LogP contribution in [-0.4, -0.2) is 42.4 Å². The molecule has 0 aromatic rings. The van der Waals surface area contributed by atoms with E-state index < -0.39 is 12.3 Å². The Morgan fingerprint density at radius 2 is 2.18 bits per heavy atom. The second kappa shape index (κ2) is 6.72. The van der Waals surface area contributed by atoms with Crippen molar-refractivity contribution in [2.24, 2.45) is 11.8 Å². The Morgan fingerprint density at radius 1 is 1.36 bits per heavy atom. The zero-order valence-corrected chi connectivity index (χ0v) is 13.5. The highest BCUT2D eigenvalue weighted by Crippen LogP contribution is 2.41. The van der Waals surface area contributed by atoms with Crippen molar-refractivity contribution in [1.82, 2.24) is 10.6 Å². The van der Waals surface area contributed by atoms with E-state index in [1.165, 1.54) is 0 Å². The zero-order valence-electron chi connectivity index (χ0n) is 12.7. The molecule has 3 aliphatic rings. The Labute approximate surface area is 135 Å². The van der Waals surface area contributed by atoms with Crippen LogP contribution in [0.15, 0.2) is 0 Å². The van der Waals surface area contributed by atoms with Gasteiger partial charge in [-0.25, -0.2) is 4.79 Å². The maximum atomic E-state index is 11.9. The fourth-order valence-electron chi connectivity index (χ4n) is 3.63. The Balaban J connectivity index is 1.64. The first-order chi connectivity index (χ1) is 10.6. The number of rotatable bonds is 4. The average Bonchev–Trinajstić information content (AvgIpc) is 2.49. The van der Waals surface area contributed by atoms with Gasteiger partial charge in [0.1, 0.15) is 6.23 Å². The number of ether oxygens (including phenoxy) is 2. The molecule has 7 heteroatoms. The van der Waals surface area contributed by atoms with Crippen LogP contribution in [0.4, 0.5) is 4.79 Å². The summed E-state index contributed by atoms with van der Waals surface area (Å²) in [5.41, 5.74) is 0. The van der Waals surface area contributed by atoms with E-state index in [-0.39, 0.29) is 35.3 Å². The summed E-state index contributed by atoms with van der Waals surface area (Å²) in [4.78, 5) is 23.4. The number of nitrogens with one attached hydrogen (secondary N) is 2. The van der Waals surface area contributed by atoms with Crippen LogP contribution in [-0.2, 0) is 14.3 Å². The third-order valence-electron chi connectivity index (χ3n) is 4.86. The molecule has 0 aromatic carbocycles. The molecule has 0 spiro atoms. The standard InChI is InChI=1S/C15H23ClN2O4/c1-2-3-6-21-10-5-4-8-7-9-13(19)17-15(20)18-14(9)22-12(8)11(10)16/h8-12,14H,2-7H2,1H3,(H2,17,18,19,20). The number of imide groups is 1. The van der Waals surface area contributed by atoms with Crippen LogP contribution in [0.3, 0.4) is 0 Å². The summed E-state index contributed by atoms with van der Waals surface area (Å²) < 4.78 is 11.9. The lowest BCUT2D eigenvalue weighted by Crippen LogP contribution is -2.65. The molecule has 2 aliphatic heterocycles. The molecule has 0 bridgehead atoms. The number of unbranched alkanes of at least 4 members (excludes halogenated alkanes) is 1. The lowest BCUT2D eigenvalue weighted by Gasteiger charge is -2.48. The minimum atomic E-state index is -0.571. The van der Waals surface area contributed by atoms with Gasteiger partial charge in [0.15, 0.2) is 0 Å². The van der Waals surface area contributed by atoms with Gasteiger partial charge in [0, 0.05) is 6.61 Å². The van der Waals surface area contributed by atoms with Gasteiger partial charge in [-0.3, -0.25) is 10.1 Å². The van der Waals surface area contributed by atoms with E-state index >= 15 is 0 Å². The summed E-state index contributed by atoms with van der Waals surface area (Å²) in [7, 11) is 0. The molecule has 0 radical (unpaired) electrons. The summed E-state index contributed by atoms with van der Waals surface area (Å²) in [5.74, 6) is -0.324. The van der Waals surface area contributed by atoms with E-state index in [2.05, 4.69) is 17.6 Å². The number of carbonyl (C=O) groups excluding carboxylic acids is 2. The zero-order chi connectivity index (χ0) is 15.7. The van der Waals surface area contributed by atoms with Crippen LogP contribution in [0.2, 0.25) is 0 Å². The second-order valence-electron chi connectivity index (χ2n) is 6.37. The maximum absolute atomic E-state index is 11.9. The largest absolute Gasteiger partial charge is 0.377 e. The van der Waals surface area contributed by atoms with Gasteiger partial charge in [-0.2, -0.15) is 0 Å². The molecular formula is C15H23ClN2O4. The Morgan fingerprint density at radius 3 is 2.95 bits per heavy atom. The summed E-state index contributed by atoms with van der Waals surface area (Å²) >= 11 is 6.58. The quantitative estimate of drug-likeness (QED) is 0.608. The van der Waals surface area contributed by atoms with Crippen LogP contribution in [0.5, 0.6) is 0 Å². The number of alkyl halides is 1. The molecule has 6 nitrogen and oxygen atoms in total. The molecule has 1 aliphatic carbocycles. The van der Waals surface area contributed by atoms with Crippen LogP contribution in [0, 0.1) is 11.8 Å².